The van der Waals surface area contributed by atoms with Gasteiger partial charge in [0.05, 0.1) is 6.04 Å². The Morgan fingerprint density at radius 1 is 0.672 bits per heavy atom. The number of benzene rings is 2. The summed E-state index contributed by atoms with van der Waals surface area (Å²) in [6.45, 7) is 3.83. The molecule has 15 nitrogen and oxygen atoms in total. The third-order valence-electron chi connectivity index (χ3n) is 9.66. The van der Waals surface area contributed by atoms with Crippen molar-refractivity contribution in [2.45, 2.75) is 95.0 Å². The van der Waals surface area contributed by atoms with E-state index in [4.69, 9.17) is 11.5 Å². The van der Waals surface area contributed by atoms with Gasteiger partial charge in [-0.15, -0.1) is 0 Å². The molecule has 1 aromatic heterocycles. The molecular weight excluding hydrogens is 781 g/mol. The number of carboxylic acids is 1. The third-order valence-corrected chi connectivity index (χ3v) is 11.0. The number of aromatic nitrogens is 1. The fourth-order valence-corrected chi connectivity index (χ4v) is 7.26. The average molecular weight is 841 g/mol. The highest BCUT2D eigenvalue weighted by molar-refractivity contribution is 7.98. The summed E-state index contributed by atoms with van der Waals surface area (Å²) in [6.07, 6.45) is 7.57. The molecule has 0 aliphatic rings. The number of amides is 5. The van der Waals surface area contributed by atoms with Crippen molar-refractivity contribution < 1.29 is 33.9 Å². The summed E-state index contributed by atoms with van der Waals surface area (Å²) in [5.41, 5.74) is 14.6. The van der Waals surface area contributed by atoms with E-state index in [-0.39, 0.29) is 32.1 Å². The number of thioether (sulfide) groups is 2. The summed E-state index contributed by atoms with van der Waals surface area (Å²) < 4.78 is 0. The first-order valence-electron chi connectivity index (χ1n) is 19.6. The predicted molar refractivity (Wildman–Crippen MR) is 231 cm³/mol. The lowest BCUT2D eigenvalue weighted by atomic mass is 10.0. The lowest BCUT2D eigenvalue weighted by Gasteiger charge is -2.28. The number of hydrogen-bond acceptors (Lipinski definition) is 10. The molecule has 0 saturated carbocycles. The first-order valence-corrected chi connectivity index (χ1v) is 22.3. The van der Waals surface area contributed by atoms with Crippen molar-refractivity contribution in [2.24, 2.45) is 17.4 Å². The van der Waals surface area contributed by atoms with Crippen LogP contribution in [-0.2, 0) is 41.6 Å². The fraction of sp³-hybridized carbons (Fsp3) is 0.512. The van der Waals surface area contributed by atoms with Crippen molar-refractivity contribution >= 4 is 69.9 Å². The van der Waals surface area contributed by atoms with Gasteiger partial charge in [0, 0.05) is 23.5 Å². The second kappa shape index (κ2) is 25.0. The van der Waals surface area contributed by atoms with Gasteiger partial charge in [-0.3, -0.25) is 24.0 Å². The van der Waals surface area contributed by atoms with E-state index in [0.717, 1.165) is 22.0 Å². The van der Waals surface area contributed by atoms with Crippen molar-refractivity contribution in [3.05, 3.63) is 71.9 Å². The number of rotatable bonds is 26. The summed E-state index contributed by atoms with van der Waals surface area (Å²) >= 11 is 2.91. The Bertz CT molecular complexity index is 1790. The number of aromatic amines is 1. The normalized spacial score (nSPS) is 14.4. The first kappa shape index (κ1) is 47.8. The van der Waals surface area contributed by atoms with E-state index in [0.29, 0.717) is 30.9 Å². The fourth-order valence-electron chi connectivity index (χ4n) is 6.32. The highest BCUT2D eigenvalue weighted by Crippen LogP contribution is 2.19. The predicted octanol–water partition coefficient (Wildman–Crippen LogP) is 2.08. The van der Waals surface area contributed by atoms with Gasteiger partial charge in [-0.05, 0) is 92.2 Å². The maximum atomic E-state index is 14.1. The molecule has 2 aromatic carbocycles. The molecule has 58 heavy (non-hydrogen) atoms. The Balaban J connectivity index is 1.81. The molecule has 0 unspecified atom stereocenters. The van der Waals surface area contributed by atoms with Crippen LogP contribution in [0.3, 0.4) is 0 Å². The second-order valence-electron chi connectivity index (χ2n) is 14.5. The molecule has 3 aromatic rings. The number of carbonyl (C=O) groups excluding carboxylic acids is 5. The zero-order valence-corrected chi connectivity index (χ0v) is 35.4. The first-order chi connectivity index (χ1) is 27.8. The van der Waals surface area contributed by atoms with Crippen LogP contribution in [-0.4, -0.2) is 112 Å². The van der Waals surface area contributed by atoms with E-state index in [1.54, 1.807) is 26.0 Å². The molecule has 0 spiro atoms. The average Bonchev–Trinajstić information content (AvgIpc) is 3.61. The van der Waals surface area contributed by atoms with Gasteiger partial charge in [-0.25, -0.2) is 4.79 Å². The molecule has 0 bridgehead atoms. The topological polar surface area (TPSA) is 251 Å². The lowest BCUT2D eigenvalue weighted by molar-refractivity contribution is -0.142. The summed E-state index contributed by atoms with van der Waals surface area (Å²) in [4.78, 5) is 83.8. The number of carboxylic acid groups (broad SMARTS) is 1. The van der Waals surface area contributed by atoms with Crippen LogP contribution in [0, 0.1) is 5.92 Å². The van der Waals surface area contributed by atoms with E-state index in [1.165, 1.54) is 23.5 Å². The highest BCUT2D eigenvalue weighted by Gasteiger charge is 2.34. The maximum Gasteiger partial charge on any atom is 0.326 e. The molecule has 3 rings (SSSR count). The molecule has 0 fully saturated rings. The lowest BCUT2D eigenvalue weighted by Crippen LogP contribution is -2.60. The molecule has 0 aliphatic heterocycles. The number of aliphatic carboxylic acids is 1. The zero-order chi connectivity index (χ0) is 42.6. The van der Waals surface area contributed by atoms with Gasteiger partial charge in [-0.2, -0.15) is 23.5 Å². The number of hydrogen-bond donors (Lipinski definition) is 9. The molecule has 318 valence electrons. The van der Waals surface area contributed by atoms with Gasteiger partial charge in [0.25, 0.3) is 0 Å². The standard InChI is InChI=1S/C41H60N8O7S2/c1-25(2)35(40(54)47-33(41(55)56)18-21-58-4)49-38(52)32(17-20-57-3)46-39(53)34(22-26-12-6-5-7-13-26)48-37(51)31(16-10-11-19-42)45-36(50)29(43)23-27-24-44-30-15-9-8-14-28(27)30/h5-9,12-15,24-25,29,31-35,44H,10-11,16-23,42-43H2,1-4H3,(H,45,50)(H,46,53)(H,47,54)(H,48,51)(H,49,52)(H,55,56)/t29-,31-,32-,33+,34-,35-/m0/s1. The summed E-state index contributed by atoms with van der Waals surface area (Å²) in [5, 5.41) is 24.3. The van der Waals surface area contributed by atoms with Crippen LogP contribution in [0.5, 0.6) is 0 Å². The van der Waals surface area contributed by atoms with Crippen LogP contribution in [0.1, 0.15) is 57.1 Å². The molecule has 0 radical (unpaired) electrons. The van der Waals surface area contributed by atoms with Gasteiger partial charge in [-0.1, -0.05) is 62.4 Å². The number of nitrogens with two attached hydrogens (primary N) is 2. The minimum absolute atomic E-state index is 0.0719. The van der Waals surface area contributed by atoms with Crippen LogP contribution in [0.2, 0.25) is 0 Å². The number of nitrogens with one attached hydrogen (secondary N) is 6. The summed E-state index contributed by atoms with van der Waals surface area (Å²) in [5.74, 6) is -3.65. The van der Waals surface area contributed by atoms with Crippen LogP contribution in [0.25, 0.3) is 10.9 Å². The molecular formula is C41H60N8O7S2. The van der Waals surface area contributed by atoms with Crippen molar-refractivity contribution in [1.29, 1.82) is 0 Å². The van der Waals surface area contributed by atoms with Crippen molar-refractivity contribution in [1.82, 2.24) is 31.6 Å². The number of H-pyrrole nitrogens is 1. The Labute approximate surface area is 349 Å². The van der Waals surface area contributed by atoms with Gasteiger partial charge >= 0.3 is 5.97 Å². The SMILES string of the molecule is CSCC[C@H](NC(=O)[C@H](Cc1ccccc1)NC(=O)[C@H](CCCCN)NC(=O)[C@@H](N)Cc1c[nH]c2ccccc12)C(=O)N[C@H](C(=O)N[C@H](CCSC)C(=O)O)C(C)C. The smallest absolute Gasteiger partial charge is 0.326 e. The minimum atomic E-state index is -1.18. The van der Waals surface area contributed by atoms with Gasteiger partial charge in [0.1, 0.15) is 30.2 Å². The highest BCUT2D eigenvalue weighted by atomic mass is 32.2. The van der Waals surface area contributed by atoms with Crippen molar-refractivity contribution in [2.75, 3.05) is 30.6 Å². The van der Waals surface area contributed by atoms with Gasteiger partial charge in [0.2, 0.25) is 29.5 Å². The largest absolute Gasteiger partial charge is 0.480 e. The molecule has 5 amide bonds. The van der Waals surface area contributed by atoms with E-state index in [1.807, 2.05) is 61.2 Å². The van der Waals surface area contributed by atoms with Gasteiger partial charge < -0.3 is 48.1 Å². The van der Waals surface area contributed by atoms with Crippen LogP contribution in [0.4, 0.5) is 0 Å². The molecule has 0 saturated heterocycles. The maximum absolute atomic E-state index is 14.1. The Morgan fingerprint density at radius 2 is 1.22 bits per heavy atom. The zero-order valence-electron chi connectivity index (χ0n) is 33.8. The van der Waals surface area contributed by atoms with Crippen LogP contribution >= 0.6 is 23.5 Å². The van der Waals surface area contributed by atoms with Crippen molar-refractivity contribution in [3.63, 3.8) is 0 Å². The van der Waals surface area contributed by atoms with Crippen molar-refractivity contribution in [3.8, 4) is 0 Å². The van der Waals surface area contributed by atoms with E-state index in [2.05, 4.69) is 31.6 Å². The van der Waals surface area contributed by atoms with E-state index < -0.39 is 77.7 Å². The summed E-state index contributed by atoms with van der Waals surface area (Å²) in [7, 11) is 0. The molecule has 1 heterocycles. The monoisotopic (exact) mass is 840 g/mol. The van der Waals surface area contributed by atoms with Gasteiger partial charge in [0.15, 0.2) is 0 Å². The molecule has 6 atom stereocenters. The summed E-state index contributed by atoms with van der Waals surface area (Å²) in [6, 6.07) is 10.2. The molecule has 17 heteroatoms. The van der Waals surface area contributed by atoms with E-state index >= 15 is 0 Å². The Kier molecular flexibility index (Phi) is 20.6. The minimum Gasteiger partial charge on any atom is -0.480 e. The second-order valence-corrected chi connectivity index (χ2v) is 16.5. The third kappa shape index (κ3) is 15.3. The quantitative estimate of drug-likeness (QED) is 0.0530. The Hall–Kier alpha value is -4.58. The van der Waals surface area contributed by atoms with E-state index in [9.17, 15) is 33.9 Å². The van der Waals surface area contributed by atoms with Crippen LogP contribution < -0.4 is 38.1 Å². The number of carbonyl (C=O) groups is 6. The van der Waals surface area contributed by atoms with Crippen LogP contribution in [0.15, 0.2) is 60.8 Å². The molecule has 0 aliphatic carbocycles. The number of fused-ring (bicyclic) bond motifs is 1. The number of para-hydroxylation sites is 1. The molecule has 11 N–H and O–H groups in total. The Morgan fingerprint density at radius 3 is 1.86 bits per heavy atom. The number of unbranched alkanes of at least 4 members (excludes halogenated alkanes) is 1.